The van der Waals surface area contributed by atoms with Crippen LogP contribution in [0.1, 0.15) is 13.8 Å². The van der Waals surface area contributed by atoms with Gasteiger partial charge in [-0.05, 0) is 43.7 Å². The molecular weight excluding hydrogens is 532 g/mol. The molecule has 0 amide bonds. The Morgan fingerprint density at radius 3 is 1.60 bits per heavy atom. The summed E-state index contributed by atoms with van der Waals surface area (Å²) in [5.74, 6) is -7.24. The van der Waals surface area contributed by atoms with E-state index in [0.717, 1.165) is 43.2 Å². The van der Waals surface area contributed by atoms with Gasteiger partial charge in [0.1, 0.15) is 30.8 Å². The average molecular weight is 554 g/mol. The van der Waals surface area contributed by atoms with E-state index in [4.69, 9.17) is 14.2 Å². The highest BCUT2D eigenvalue weighted by Crippen LogP contribution is 2.35. The second-order valence-electron chi connectivity index (χ2n) is 8.20. The third kappa shape index (κ3) is 7.04. The van der Waals surface area contributed by atoms with Gasteiger partial charge in [0.05, 0.1) is 0 Å². The van der Waals surface area contributed by atoms with E-state index in [0.29, 0.717) is 5.75 Å². The summed E-state index contributed by atoms with van der Waals surface area (Å²) in [7, 11) is 0. The van der Waals surface area contributed by atoms with Crippen molar-refractivity contribution in [3.05, 3.63) is 121 Å². The van der Waals surface area contributed by atoms with E-state index in [-0.39, 0.29) is 22.3 Å². The largest absolute Gasteiger partial charge is 0.462 e. The molecule has 3 aromatic rings. The zero-order valence-corrected chi connectivity index (χ0v) is 21.3. The zero-order chi connectivity index (χ0) is 29.4. The smallest absolute Gasteiger partial charge is 0.338 e. The highest BCUT2D eigenvalue weighted by molar-refractivity contribution is 5.87. The van der Waals surface area contributed by atoms with Gasteiger partial charge in [-0.1, -0.05) is 37.4 Å². The van der Waals surface area contributed by atoms with Gasteiger partial charge in [-0.25, -0.2) is 22.8 Å². The molecule has 0 unspecified atom stereocenters. The number of halogens is 4. The van der Waals surface area contributed by atoms with Crippen LogP contribution in [0.2, 0.25) is 0 Å². The molecule has 0 saturated heterocycles. The first-order valence-corrected chi connectivity index (χ1v) is 11.4. The summed E-state index contributed by atoms with van der Waals surface area (Å²) < 4.78 is 78.9. The lowest BCUT2D eigenvalue weighted by Crippen LogP contribution is -2.00. The maximum atomic E-state index is 15.0. The highest BCUT2D eigenvalue weighted by Gasteiger charge is 2.22. The van der Waals surface area contributed by atoms with Gasteiger partial charge >= 0.3 is 11.9 Å². The normalized spacial score (nSPS) is 10.9. The summed E-state index contributed by atoms with van der Waals surface area (Å²) in [6.45, 7) is 9.71. The van der Waals surface area contributed by atoms with E-state index in [1.165, 1.54) is 44.2 Å². The van der Waals surface area contributed by atoms with E-state index in [9.17, 15) is 27.2 Å². The predicted molar refractivity (Wildman–Crippen MR) is 138 cm³/mol. The van der Waals surface area contributed by atoms with Gasteiger partial charge < -0.3 is 18.9 Å². The molecule has 3 aromatic carbocycles. The number of hydrogen-bond acceptors (Lipinski definition) is 6. The Hall–Kier alpha value is -5.12. The van der Waals surface area contributed by atoms with Crippen molar-refractivity contribution in [3.8, 4) is 33.8 Å². The first-order valence-electron chi connectivity index (χ1n) is 11.4. The molecular formula is C30H22F4O6. The summed E-state index contributed by atoms with van der Waals surface area (Å²) in [6, 6.07) is 10.2. The molecule has 0 aliphatic carbocycles. The highest BCUT2D eigenvalue weighted by atomic mass is 19.2. The Bertz CT molecular complexity index is 1520. The maximum absolute atomic E-state index is 15.0. The number of ether oxygens (including phenoxy) is 4. The summed E-state index contributed by atoms with van der Waals surface area (Å²) in [5, 5.41) is 0. The molecule has 0 heterocycles. The van der Waals surface area contributed by atoms with Crippen molar-refractivity contribution in [2.45, 2.75) is 13.8 Å². The van der Waals surface area contributed by atoms with E-state index in [1.807, 2.05) is 0 Å². The Morgan fingerprint density at radius 1 is 0.600 bits per heavy atom. The molecule has 40 heavy (non-hydrogen) atoms. The van der Waals surface area contributed by atoms with Gasteiger partial charge in [-0.3, -0.25) is 0 Å². The lowest BCUT2D eigenvalue weighted by atomic mass is 9.98. The van der Waals surface area contributed by atoms with Gasteiger partial charge in [0.25, 0.3) is 0 Å². The fourth-order valence-corrected chi connectivity index (χ4v) is 3.11. The van der Waals surface area contributed by atoms with Gasteiger partial charge in [-0.2, -0.15) is 4.39 Å². The first kappa shape index (κ1) is 29.4. The van der Waals surface area contributed by atoms with Crippen molar-refractivity contribution in [2.24, 2.45) is 0 Å². The van der Waals surface area contributed by atoms with Crippen molar-refractivity contribution in [3.63, 3.8) is 0 Å². The third-order valence-electron chi connectivity index (χ3n) is 5.14. The van der Waals surface area contributed by atoms with Crippen LogP contribution >= 0.6 is 0 Å². The van der Waals surface area contributed by atoms with Crippen LogP contribution in [0, 0.1) is 23.3 Å². The average Bonchev–Trinajstić information content (AvgIpc) is 2.93. The minimum absolute atomic E-state index is 0.116. The van der Waals surface area contributed by atoms with E-state index in [2.05, 4.69) is 17.9 Å². The fourth-order valence-electron chi connectivity index (χ4n) is 3.11. The van der Waals surface area contributed by atoms with Gasteiger partial charge in [0.15, 0.2) is 23.2 Å². The molecule has 0 aromatic heterocycles. The molecule has 3 rings (SSSR count). The maximum Gasteiger partial charge on any atom is 0.338 e. The summed E-state index contributed by atoms with van der Waals surface area (Å²) >= 11 is 0. The molecule has 0 fully saturated rings. The number of carbonyl (C=O) groups excluding carboxylic acids is 2. The van der Waals surface area contributed by atoms with Crippen LogP contribution in [0.4, 0.5) is 17.6 Å². The van der Waals surface area contributed by atoms with Crippen LogP contribution in [0.5, 0.6) is 11.5 Å². The van der Waals surface area contributed by atoms with E-state index >= 15 is 0 Å². The van der Waals surface area contributed by atoms with Gasteiger partial charge in [-0.15, -0.1) is 0 Å². The first-order chi connectivity index (χ1) is 19.0. The fraction of sp³-hybridized carbons (Fsp3) is 0.0667. The Kier molecular flexibility index (Phi) is 9.64. The molecule has 0 aliphatic heterocycles. The minimum atomic E-state index is -1.47. The number of hydrogen-bond donors (Lipinski definition) is 0. The number of esters is 2. The van der Waals surface area contributed by atoms with Gasteiger partial charge in [0.2, 0.25) is 5.82 Å². The minimum Gasteiger partial charge on any atom is -0.462 e. The van der Waals surface area contributed by atoms with Crippen LogP contribution < -0.4 is 9.47 Å². The standard InChI is InChI=1S/C30H22F4O6/c1-17(2)29(35)39-15-13-37-20-7-5-19(6-8-20)21-9-10-22(26(32)25(21)31)23-11-12-24(28(34)27(23)33)38-14-16-40-30(36)18(3)4/h5-16H,1,3H2,2,4H3. The lowest BCUT2D eigenvalue weighted by Gasteiger charge is -2.12. The topological polar surface area (TPSA) is 71.1 Å². The second kappa shape index (κ2) is 13.1. The third-order valence-corrected chi connectivity index (χ3v) is 5.14. The van der Waals surface area contributed by atoms with E-state index in [1.54, 1.807) is 0 Å². The van der Waals surface area contributed by atoms with Gasteiger partial charge in [0, 0.05) is 27.8 Å². The summed E-state index contributed by atoms with van der Waals surface area (Å²) in [4.78, 5) is 22.6. The zero-order valence-electron chi connectivity index (χ0n) is 21.3. The molecule has 0 N–H and O–H groups in total. The van der Waals surface area contributed by atoms with Crippen molar-refractivity contribution in [2.75, 3.05) is 0 Å². The molecule has 6 nitrogen and oxygen atoms in total. The molecule has 0 spiro atoms. The lowest BCUT2D eigenvalue weighted by molar-refractivity contribution is -0.134. The number of carbonyl (C=O) groups is 2. The van der Waals surface area contributed by atoms with Crippen molar-refractivity contribution < 1.29 is 46.1 Å². The molecule has 0 bridgehead atoms. The van der Waals surface area contributed by atoms with Crippen LogP contribution in [0.3, 0.4) is 0 Å². The van der Waals surface area contributed by atoms with Crippen LogP contribution in [0.15, 0.2) is 97.9 Å². The number of rotatable bonds is 10. The SMILES string of the molecule is C=C(C)C(=O)OC=COc1ccc(-c2ccc(-c3ccc(OC=COC(=O)C(=C)C)c(F)c3F)c(F)c2F)cc1. The van der Waals surface area contributed by atoms with Crippen LogP contribution in [-0.4, -0.2) is 11.9 Å². The van der Waals surface area contributed by atoms with Crippen molar-refractivity contribution in [1.29, 1.82) is 0 Å². The quantitative estimate of drug-likeness (QED) is 0.112. The monoisotopic (exact) mass is 554 g/mol. The van der Waals surface area contributed by atoms with Crippen molar-refractivity contribution in [1.82, 2.24) is 0 Å². The molecule has 10 heteroatoms. The Morgan fingerprint density at radius 2 is 1.05 bits per heavy atom. The summed E-state index contributed by atoms with van der Waals surface area (Å²) in [5.41, 5.74) is -0.568. The van der Waals surface area contributed by atoms with Crippen LogP contribution in [0.25, 0.3) is 22.3 Å². The molecule has 206 valence electrons. The summed E-state index contributed by atoms with van der Waals surface area (Å²) in [6.07, 6.45) is 3.76. The number of benzene rings is 3. The molecule has 0 radical (unpaired) electrons. The molecule has 0 atom stereocenters. The Balaban J connectivity index is 1.76. The second-order valence-corrected chi connectivity index (χ2v) is 8.20. The Labute approximate surface area is 227 Å². The molecule has 0 saturated carbocycles. The van der Waals surface area contributed by atoms with Crippen molar-refractivity contribution >= 4 is 11.9 Å². The predicted octanol–water partition coefficient (Wildman–Crippen LogP) is 7.52. The molecule has 0 aliphatic rings. The van der Waals surface area contributed by atoms with Crippen LogP contribution in [-0.2, 0) is 19.1 Å². The van der Waals surface area contributed by atoms with E-state index < -0.39 is 52.1 Å².